The molecule has 1 atom stereocenters. The van der Waals surface area contributed by atoms with Crippen LogP contribution in [0.25, 0.3) is 11.3 Å². The van der Waals surface area contributed by atoms with Gasteiger partial charge >= 0.3 is 0 Å². The van der Waals surface area contributed by atoms with Gasteiger partial charge in [0.2, 0.25) is 0 Å². The third kappa shape index (κ3) is 5.01. The third-order valence-electron chi connectivity index (χ3n) is 3.36. The van der Waals surface area contributed by atoms with Gasteiger partial charge in [-0.15, -0.1) is 11.3 Å². The van der Waals surface area contributed by atoms with Crippen LogP contribution in [0.5, 0.6) is 5.75 Å². The average Bonchev–Trinajstić information content (AvgIpc) is 2.94. The van der Waals surface area contributed by atoms with Gasteiger partial charge in [0.1, 0.15) is 11.6 Å². The van der Waals surface area contributed by atoms with Crippen LogP contribution >= 0.6 is 11.3 Å². The van der Waals surface area contributed by atoms with E-state index in [2.05, 4.69) is 10.3 Å². The van der Waals surface area contributed by atoms with E-state index in [1.807, 2.05) is 26.3 Å². The molecule has 0 radical (unpaired) electrons. The molecule has 2 rings (SSSR count). The van der Waals surface area contributed by atoms with E-state index in [1.54, 1.807) is 12.1 Å². The first kappa shape index (κ1) is 18.4. The average molecular weight is 352 g/mol. The molecule has 0 aliphatic heterocycles. The number of amides is 1. The van der Waals surface area contributed by atoms with Crippen LogP contribution in [0.15, 0.2) is 23.6 Å². The third-order valence-corrected chi connectivity index (χ3v) is 4.21. The van der Waals surface area contributed by atoms with E-state index in [0.717, 1.165) is 15.6 Å². The lowest BCUT2D eigenvalue weighted by Gasteiger charge is -2.13. The number of hydrogen-bond donors (Lipinski definition) is 2. The maximum absolute atomic E-state index is 13.8. The fourth-order valence-electron chi connectivity index (χ4n) is 2.32. The van der Waals surface area contributed by atoms with Gasteiger partial charge in [-0.2, -0.15) is 0 Å². The van der Waals surface area contributed by atoms with Crippen LogP contribution in [0.1, 0.15) is 18.9 Å². The van der Waals surface area contributed by atoms with E-state index >= 15 is 0 Å². The Morgan fingerprint density at radius 3 is 2.83 bits per heavy atom. The summed E-state index contributed by atoms with van der Waals surface area (Å²) < 4.78 is 18.7. The first-order valence-corrected chi connectivity index (χ1v) is 8.66. The Morgan fingerprint density at radius 2 is 2.21 bits per heavy atom. The number of likely N-dealkylation sites (N-methyl/N-ethyl adjacent to an activating group) is 1. The lowest BCUT2D eigenvalue weighted by atomic mass is 10.1. The van der Waals surface area contributed by atoms with Crippen LogP contribution in [-0.2, 0) is 11.3 Å². The fraction of sp³-hybridized carbons (Fsp3) is 0.412. The zero-order valence-electron chi connectivity index (χ0n) is 14.4. The predicted octanol–water partition coefficient (Wildman–Crippen LogP) is 1.50. The first-order valence-electron chi connectivity index (χ1n) is 7.78. The number of nitrogens with zero attached hydrogens (tertiary/aromatic N) is 1. The van der Waals surface area contributed by atoms with E-state index in [4.69, 9.17) is 4.74 Å². The fourth-order valence-corrected chi connectivity index (χ4v) is 3.24. The van der Waals surface area contributed by atoms with Crippen molar-refractivity contribution in [1.82, 2.24) is 10.3 Å². The highest BCUT2D eigenvalue weighted by Crippen LogP contribution is 2.26. The molecule has 2 aromatic rings. The monoisotopic (exact) mass is 352 g/mol. The molecule has 1 heterocycles. The van der Waals surface area contributed by atoms with Gasteiger partial charge in [0.15, 0.2) is 18.1 Å². The molecule has 0 aliphatic rings. The normalized spacial score (nSPS) is 12.2. The molecule has 1 aromatic heterocycles. The summed E-state index contributed by atoms with van der Waals surface area (Å²) in [6, 6.07) is 4.94. The summed E-state index contributed by atoms with van der Waals surface area (Å²) in [5, 5.41) is 5.69. The Bertz CT molecular complexity index is 703. The van der Waals surface area contributed by atoms with E-state index in [0.29, 0.717) is 18.7 Å². The Labute approximate surface area is 145 Å². The molecular formula is C17H23FN3O2S+. The molecule has 0 saturated carbocycles. The molecule has 5 nitrogen and oxygen atoms in total. The van der Waals surface area contributed by atoms with Crippen molar-refractivity contribution in [3.05, 3.63) is 34.4 Å². The summed E-state index contributed by atoms with van der Waals surface area (Å²) in [5.74, 6) is -0.163. The molecule has 0 aliphatic carbocycles. The molecule has 1 aromatic carbocycles. The van der Waals surface area contributed by atoms with Gasteiger partial charge < -0.3 is 15.0 Å². The van der Waals surface area contributed by atoms with Gasteiger partial charge in [0.05, 0.1) is 19.9 Å². The number of aromatic nitrogens is 1. The quantitative estimate of drug-likeness (QED) is 0.794. The van der Waals surface area contributed by atoms with Gasteiger partial charge in [0.25, 0.3) is 5.91 Å². The molecule has 130 valence electrons. The predicted molar refractivity (Wildman–Crippen MR) is 92.8 cm³/mol. The van der Waals surface area contributed by atoms with Gasteiger partial charge in [-0.3, -0.25) is 4.79 Å². The number of methoxy groups -OCH3 is 1. The topological polar surface area (TPSA) is 55.7 Å². The Hall–Kier alpha value is -1.99. The molecule has 1 amide bonds. The molecule has 1 unspecified atom stereocenters. The summed E-state index contributed by atoms with van der Waals surface area (Å²) in [5.41, 5.74) is 1.45. The zero-order chi connectivity index (χ0) is 17.7. The summed E-state index contributed by atoms with van der Waals surface area (Å²) in [4.78, 5) is 17.4. The first-order chi connectivity index (χ1) is 11.4. The number of carbonyl (C=O) groups excluding carboxylic acids is 1. The molecule has 0 fully saturated rings. The number of thiazole rings is 1. The lowest BCUT2D eigenvalue weighted by Crippen LogP contribution is -3.09. The number of hydrogen-bond acceptors (Lipinski definition) is 4. The Balaban J connectivity index is 2.00. The van der Waals surface area contributed by atoms with E-state index < -0.39 is 5.82 Å². The van der Waals surface area contributed by atoms with Crippen molar-refractivity contribution in [3.63, 3.8) is 0 Å². The number of nitrogens with one attached hydrogen (secondary N) is 2. The van der Waals surface area contributed by atoms with Crippen LogP contribution in [0.4, 0.5) is 4.39 Å². The summed E-state index contributed by atoms with van der Waals surface area (Å²) >= 11 is 1.51. The van der Waals surface area contributed by atoms with Crippen molar-refractivity contribution >= 4 is 17.2 Å². The van der Waals surface area contributed by atoms with Crippen LogP contribution in [0, 0.1) is 5.82 Å². The standard InChI is InChI=1S/C17H22FN3O2S/c1-11(2)19-16(22)8-21(3)9-17-20-14(10-24-17)12-5-6-15(23-4)13(18)7-12/h5-7,10-11H,8-9H2,1-4H3,(H,19,22)/p+1. The zero-order valence-corrected chi connectivity index (χ0v) is 15.2. The minimum Gasteiger partial charge on any atom is -0.494 e. The largest absolute Gasteiger partial charge is 0.494 e. The number of carbonyl (C=O) groups is 1. The highest BCUT2D eigenvalue weighted by atomic mass is 32.1. The van der Waals surface area contributed by atoms with E-state index in [9.17, 15) is 9.18 Å². The summed E-state index contributed by atoms with van der Waals surface area (Å²) in [7, 11) is 3.39. The number of benzene rings is 1. The molecule has 7 heteroatoms. The minimum absolute atomic E-state index is 0.0245. The number of rotatable bonds is 7. The molecule has 0 spiro atoms. The van der Waals surface area contributed by atoms with Gasteiger partial charge in [-0.25, -0.2) is 9.37 Å². The second-order valence-corrected chi connectivity index (χ2v) is 6.95. The van der Waals surface area contributed by atoms with Crippen molar-refractivity contribution < 1.29 is 18.8 Å². The highest BCUT2D eigenvalue weighted by Gasteiger charge is 2.14. The molecule has 0 bridgehead atoms. The van der Waals surface area contributed by atoms with Crippen molar-refractivity contribution in [2.45, 2.75) is 26.4 Å². The van der Waals surface area contributed by atoms with Gasteiger partial charge in [-0.1, -0.05) is 0 Å². The van der Waals surface area contributed by atoms with Crippen molar-refractivity contribution in [2.75, 3.05) is 20.7 Å². The maximum Gasteiger partial charge on any atom is 0.275 e. The Morgan fingerprint density at radius 1 is 1.46 bits per heavy atom. The van der Waals surface area contributed by atoms with Crippen LogP contribution in [0.3, 0.4) is 0 Å². The second-order valence-electron chi connectivity index (χ2n) is 6.01. The molecule has 24 heavy (non-hydrogen) atoms. The van der Waals surface area contributed by atoms with Gasteiger partial charge in [-0.05, 0) is 32.0 Å². The number of quaternary nitrogens is 1. The van der Waals surface area contributed by atoms with Crippen LogP contribution in [-0.4, -0.2) is 37.6 Å². The summed E-state index contributed by atoms with van der Waals surface area (Å²) in [6.07, 6.45) is 0. The van der Waals surface area contributed by atoms with Crippen LogP contribution < -0.4 is 15.0 Å². The highest BCUT2D eigenvalue weighted by molar-refractivity contribution is 7.09. The van der Waals surface area contributed by atoms with E-state index in [1.165, 1.54) is 24.5 Å². The maximum atomic E-state index is 13.8. The van der Waals surface area contributed by atoms with E-state index in [-0.39, 0.29) is 17.7 Å². The Kier molecular flexibility index (Phi) is 6.28. The smallest absolute Gasteiger partial charge is 0.275 e. The lowest BCUT2D eigenvalue weighted by molar-refractivity contribution is -0.885. The minimum atomic E-state index is -0.405. The number of ether oxygens (including phenoxy) is 1. The molecule has 0 saturated heterocycles. The molecular weight excluding hydrogens is 329 g/mol. The van der Waals surface area contributed by atoms with Crippen molar-refractivity contribution in [2.24, 2.45) is 0 Å². The van der Waals surface area contributed by atoms with Crippen LogP contribution in [0.2, 0.25) is 0 Å². The SMILES string of the molecule is COc1ccc(-c2csc(C[NH+](C)CC(=O)NC(C)C)n2)cc1F. The number of halogens is 1. The van der Waals surface area contributed by atoms with Gasteiger partial charge in [0, 0.05) is 17.0 Å². The van der Waals surface area contributed by atoms with Crippen molar-refractivity contribution in [1.29, 1.82) is 0 Å². The second kappa shape index (κ2) is 8.21. The summed E-state index contributed by atoms with van der Waals surface area (Å²) in [6.45, 7) is 4.92. The molecule has 2 N–H and O–H groups in total. The van der Waals surface area contributed by atoms with Crippen molar-refractivity contribution in [3.8, 4) is 17.0 Å².